The van der Waals surface area contributed by atoms with Gasteiger partial charge in [0.2, 0.25) is 5.89 Å². The third-order valence-electron chi connectivity index (χ3n) is 2.85. The van der Waals surface area contributed by atoms with E-state index in [2.05, 4.69) is 32.6 Å². The Bertz CT molecular complexity index is 595. The molecule has 0 bridgehead atoms. The molecule has 0 spiro atoms. The van der Waals surface area contributed by atoms with Crippen molar-refractivity contribution in [2.45, 2.75) is 26.6 Å². The summed E-state index contributed by atoms with van der Waals surface area (Å²) in [5.41, 5.74) is 0. The lowest BCUT2D eigenvalue weighted by Crippen LogP contribution is -2.21. The van der Waals surface area contributed by atoms with E-state index in [9.17, 15) is 0 Å². The number of nitrogens with zero attached hydrogens (tertiary/aromatic N) is 3. The summed E-state index contributed by atoms with van der Waals surface area (Å²) < 4.78 is 10.6. The average Bonchev–Trinajstić information content (AvgIpc) is 3.13. The Balaban J connectivity index is 1.72. The number of furan rings is 1. The van der Waals surface area contributed by atoms with Crippen LogP contribution in [0.5, 0.6) is 0 Å². The molecule has 6 heteroatoms. The van der Waals surface area contributed by atoms with Crippen LogP contribution in [-0.4, -0.2) is 15.0 Å². The van der Waals surface area contributed by atoms with Gasteiger partial charge in [0.25, 0.3) is 0 Å². The monoisotopic (exact) mass is 289 g/mol. The van der Waals surface area contributed by atoms with Gasteiger partial charge in [-0.3, -0.25) is 4.90 Å². The van der Waals surface area contributed by atoms with Crippen LogP contribution in [0.3, 0.4) is 0 Å². The van der Waals surface area contributed by atoms with E-state index in [1.54, 1.807) is 17.6 Å². The lowest BCUT2D eigenvalue weighted by molar-refractivity contribution is 0.198. The van der Waals surface area contributed by atoms with E-state index in [0.29, 0.717) is 24.8 Å². The smallest absolute Gasteiger partial charge is 0.240 e. The first kappa shape index (κ1) is 13.1. The minimum Gasteiger partial charge on any atom is -0.468 e. The van der Waals surface area contributed by atoms with Gasteiger partial charge in [0.1, 0.15) is 5.76 Å². The minimum atomic E-state index is 0.611. The normalized spacial score (nSPS) is 11.3. The van der Waals surface area contributed by atoms with Crippen LogP contribution in [0.1, 0.15) is 22.4 Å². The summed E-state index contributed by atoms with van der Waals surface area (Å²) in [5, 5.41) is 5.91. The quantitative estimate of drug-likeness (QED) is 0.697. The molecule has 0 N–H and O–H groups in total. The zero-order chi connectivity index (χ0) is 13.8. The van der Waals surface area contributed by atoms with Crippen molar-refractivity contribution < 1.29 is 8.94 Å². The highest BCUT2D eigenvalue weighted by atomic mass is 32.1. The van der Waals surface area contributed by atoms with Crippen LogP contribution >= 0.6 is 11.3 Å². The molecule has 3 heterocycles. The van der Waals surface area contributed by atoms with Crippen LogP contribution in [0.25, 0.3) is 0 Å². The predicted molar refractivity (Wildman–Crippen MR) is 75.0 cm³/mol. The van der Waals surface area contributed by atoms with Crippen molar-refractivity contribution >= 4 is 11.3 Å². The van der Waals surface area contributed by atoms with Gasteiger partial charge < -0.3 is 8.94 Å². The molecule has 5 nitrogen and oxygen atoms in total. The molecule has 0 aromatic carbocycles. The average molecular weight is 289 g/mol. The second kappa shape index (κ2) is 6.02. The molecule has 0 amide bonds. The van der Waals surface area contributed by atoms with Crippen molar-refractivity contribution in [1.29, 1.82) is 0 Å². The number of hydrogen-bond acceptors (Lipinski definition) is 6. The van der Waals surface area contributed by atoms with Gasteiger partial charge in [-0.05, 0) is 30.5 Å². The molecule has 104 valence electrons. The van der Waals surface area contributed by atoms with Crippen molar-refractivity contribution in [3.8, 4) is 0 Å². The van der Waals surface area contributed by atoms with Gasteiger partial charge in [0.15, 0.2) is 5.82 Å². The standard InChI is InChI=1S/C14H15N3O2S/c1-11-15-14(19-16-11)10-17(8-12-4-2-6-18-12)9-13-5-3-7-20-13/h2-7H,8-10H2,1H3. The molecular formula is C14H15N3O2S. The van der Waals surface area contributed by atoms with Gasteiger partial charge in [-0.2, -0.15) is 4.98 Å². The Kier molecular flexibility index (Phi) is 3.94. The van der Waals surface area contributed by atoms with E-state index in [0.717, 1.165) is 12.3 Å². The molecule has 0 saturated carbocycles. The molecule has 0 radical (unpaired) electrons. The molecule has 0 atom stereocenters. The number of thiophene rings is 1. The van der Waals surface area contributed by atoms with E-state index in [1.165, 1.54) is 4.88 Å². The summed E-state index contributed by atoms with van der Waals surface area (Å²) in [6.45, 7) is 3.98. The number of aromatic nitrogens is 2. The summed E-state index contributed by atoms with van der Waals surface area (Å²) in [6.07, 6.45) is 1.69. The van der Waals surface area contributed by atoms with E-state index in [1.807, 2.05) is 19.1 Å². The van der Waals surface area contributed by atoms with E-state index >= 15 is 0 Å². The van der Waals surface area contributed by atoms with Gasteiger partial charge in [0.05, 0.1) is 19.4 Å². The summed E-state index contributed by atoms with van der Waals surface area (Å²) in [4.78, 5) is 7.78. The number of aryl methyl sites for hydroxylation is 1. The number of hydrogen-bond donors (Lipinski definition) is 0. The Labute approximate surface area is 120 Å². The highest BCUT2D eigenvalue weighted by Gasteiger charge is 2.14. The SMILES string of the molecule is Cc1noc(CN(Cc2ccco2)Cc2cccs2)n1. The molecule has 3 aromatic rings. The van der Waals surface area contributed by atoms with Crippen LogP contribution in [0.15, 0.2) is 44.8 Å². The third-order valence-corrected chi connectivity index (χ3v) is 3.71. The first-order valence-electron chi connectivity index (χ1n) is 6.36. The zero-order valence-corrected chi connectivity index (χ0v) is 12.0. The lowest BCUT2D eigenvalue weighted by Gasteiger charge is -2.18. The van der Waals surface area contributed by atoms with Gasteiger partial charge in [-0.1, -0.05) is 11.2 Å². The summed E-state index contributed by atoms with van der Waals surface area (Å²) in [7, 11) is 0. The van der Waals surface area contributed by atoms with Gasteiger partial charge in [-0.15, -0.1) is 11.3 Å². The second-order valence-corrected chi connectivity index (χ2v) is 5.57. The maximum absolute atomic E-state index is 5.42. The fraction of sp³-hybridized carbons (Fsp3) is 0.286. The third kappa shape index (κ3) is 3.34. The predicted octanol–water partition coefficient (Wildman–Crippen LogP) is 3.23. The summed E-state index contributed by atoms with van der Waals surface area (Å²) in [5.74, 6) is 2.22. The zero-order valence-electron chi connectivity index (χ0n) is 11.2. The summed E-state index contributed by atoms with van der Waals surface area (Å²) >= 11 is 1.74. The van der Waals surface area contributed by atoms with Gasteiger partial charge in [0, 0.05) is 11.4 Å². The Hall–Kier alpha value is -1.92. The Morgan fingerprint density at radius 2 is 2.15 bits per heavy atom. The summed E-state index contributed by atoms with van der Waals surface area (Å²) in [6, 6.07) is 8.05. The van der Waals surface area contributed by atoms with Crippen LogP contribution in [-0.2, 0) is 19.6 Å². The van der Waals surface area contributed by atoms with Crippen molar-refractivity contribution in [2.75, 3.05) is 0 Å². The van der Waals surface area contributed by atoms with Crippen LogP contribution in [0, 0.1) is 6.92 Å². The first-order valence-corrected chi connectivity index (χ1v) is 7.24. The van der Waals surface area contributed by atoms with Crippen molar-refractivity contribution in [2.24, 2.45) is 0 Å². The van der Waals surface area contributed by atoms with Crippen LogP contribution in [0.2, 0.25) is 0 Å². The highest BCUT2D eigenvalue weighted by molar-refractivity contribution is 7.09. The Morgan fingerprint density at radius 1 is 1.20 bits per heavy atom. The molecule has 0 aliphatic carbocycles. The lowest BCUT2D eigenvalue weighted by atomic mass is 10.3. The van der Waals surface area contributed by atoms with E-state index < -0.39 is 0 Å². The fourth-order valence-electron chi connectivity index (χ4n) is 2.01. The fourth-order valence-corrected chi connectivity index (χ4v) is 2.76. The first-order chi connectivity index (χ1) is 9.79. The molecule has 0 aliphatic rings. The molecular weight excluding hydrogens is 274 g/mol. The van der Waals surface area contributed by atoms with E-state index in [-0.39, 0.29) is 0 Å². The van der Waals surface area contributed by atoms with Gasteiger partial charge in [-0.25, -0.2) is 0 Å². The van der Waals surface area contributed by atoms with E-state index in [4.69, 9.17) is 8.94 Å². The molecule has 0 aliphatic heterocycles. The molecule has 3 rings (SSSR count). The van der Waals surface area contributed by atoms with Crippen LogP contribution < -0.4 is 0 Å². The largest absolute Gasteiger partial charge is 0.468 e. The molecule has 3 aromatic heterocycles. The maximum atomic E-state index is 5.42. The maximum Gasteiger partial charge on any atom is 0.240 e. The molecule has 0 unspecified atom stereocenters. The topological polar surface area (TPSA) is 55.3 Å². The van der Waals surface area contributed by atoms with Crippen molar-refractivity contribution in [3.05, 3.63) is 58.3 Å². The molecule has 20 heavy (non-hydrogen) atoms. The van der Waals surface area contributed by atoms with Gasteiger partial charge >= 0.3 is 0 Å². The molecule has 0 fully saturated rings. The second-order valence-electron chi connectivity index (χ2n) is 4.54. The number of rotatable bonds is 6. The van der Waals surface area contributed by atoms with Crippen molar-refractivity contribution in [1.82, 2.24) is 15.0 Å². The minimum absolute atomic E-state index is 0.611. The van der Waals surface area contributed by atoms with Crippen LogP contribution in [0.4, 0.5) is 0 Å². The Morgan fingerprint density at radius 3 is 2.80 bits per heavy atom. The van der Waals surface area contributed by atoms with Crippen molar-refractivity contribution in [3.63, 3.8) is 0 Å². The molecule has 0 saturated heterocycles. The highest BCUT2D eigenvalue weighted by Crippen LogP contribution is 2.16.